The number of unbranched alkanes of at least 4 members (excludes halogenated alkanes) is 7. The minimum atomic E-state index is -2.25. The average Bonchev–Trinajstić information content (AvgIpc) is 2.65. The zero-order valence-corrected chi connectivity index (χ0v) is 16.0. The quantitative estimate of drug-likeness (QED) is 0.204. The normalized spacial score (nSPS) is 17.5. The topological polar surface area (TPSA) is 138 Å². The molecule has 0 aliphatic heterocycles. The Morgan fingerprint density at radius 3 is 1.92 bits per heavy atom. The fourth-order valence-corrected chi connectivity index (χ4v) is 3.04. The molecule has 6 N–H and O–H groups in total. The van der Waals surface area contributed by atoms with Crippen LogP contribution in [0.25, 0.3) is 0 Å². The Balaban J connectivity index is 4.53. The lowest BCUT2D eigenvalue weighted by Gasteiger charge is -2.35. The first-order chi connectivity index (χ1) is 12.3. The van der Waals surface area contributed by atoms with Gasteiger partial charge in [0.15, 0.2) is 11.4 Å². The minimum absolute atomic E-state index is 0.0515. The van der Waals surface area contributed by atoms with Crippen LogP contribution in [0, 0.1) is 0 Å². The number of ketones is 1. The van der Waals surface area contributed by atoms with Gasteiger partial charge < -0.3 is 30.6 Å². The molecule has 156 valence electrons. The summed E-state index contributed by atoms with van der Waals surface area (Å²) in [5.74, 6) is -0.617. The lowest BCUT2D eigenvalue weighted by molar-refractivity contribution is -0.177. The summed E-state index contributed by atoms with van der Waals surface area (Å²) in [6.45, 7) is 1.08. The van der Waals surface area contributed by atoms with E-state index in [1.807, 2.05) is 0 Å². The van der Waals surface area contributed by atoms with Crippen molar-refractivity contribution in [3.63, 3.8) is 0 Å². The van der Waals surface area contributed by atoms with Gasteiger partial charge in [-0.25, -0.2) is 0 Å². The predicted molar refractivity (Wildman–Crippen MR) is 98.6 cm³/mol. The van der Waals surface area contributed by atoms with Crippen molar-refractivity contribution < 1.29 is 35.4 Å². The van der Waals surface area contributed by atoms with Gasteiger partial charge in [-0.1, -0.05) is 51.9 Å². The van der Waals surface area contributed by atoms with Crippen LogP contribution in [-0.4, -0.2) is 73.5 Å². The summed E-state index contributed by atoms with van der Waals surface area (Å²) in [7, 11) is 0. The largest absolute Gasteiger partial charge is 0.396 e. The van der Waals surface area contributed by atoms with Gasteiger partial charge in [0, 0.05) is 13.0 Å². The van der Waals surface area contributed by atoms with E-state index >= 15 is 0 Å². The van der Waals surface area contributed by atoms with Crippen molar-refractivity contribution in [2.45, 2.75) is 101 Å². The van der Waals surface area contributed by atoms with Crippen LogP contribution in [-0.2, 0) is 4.79 Å². The maximum Gasteiger partial charge on any atom is 0.167 e. The van der Waals surface area contributed by atoms with E-state index in [0.717, 1.165) is 19.3 Å². The van der Waals surface area contributed by atoms with E-state index in [2.05, 4.69) is 6.92 Å². The molecule has 0 fully saturated rings. The molecule has 7 heteroatoms. The lowest BCUT2D eigenvalue weighted by Crippen LogP contribution is -2.58. The summed E-state index contributed by atoms with van der Waals surface area (Å²) in [4.78, 5) is 12.5. The number of hydrogen-bond acceptors (Lipinski definition) is 7. The third kappa shape index (κ3) is 8.88. The molecule has 0 aliphatic carbocycles. The number of aliphatic hydroxyl groups excluding tert-OH is 5. The Hall–Kier alpha value is -0.570. The average molecular weight is 379 g/mol. The molecule has 0 bridgehead atoms. The van der Waals surface area contributed by atoms with E-state index in [9.17, 15) is 25.2 Å². The van der Waals surface area contributed by atoms with Crippen LogP contribution < -0.4 is 0 Å². The monoisotopic (exact) mass is 378 g/mol. The molecule has 0 aliphatic rings. The molecule has 0 heterocycles. The van der Waals surface area contributed by atoms with Gasteiger partial charge in [0.25, 0.3) is 0 Å². The summed E-state index contributed by atoms with van der Waals surface area (Å²) in [6.07, 6.45) is 2.77. The van der Waals surface area contributed by atoms with Crippen LogP contribution in [0.2, 0.25) is 0 Å². The minimum Gasteiger partial charge on any atom is -0.396 e. The maximum atomic E-state index is 12.5. The van der Waals surface area contributed by atoms with Crippen LogP contribution in [0.3, 0.4) is 0 Å². The van der Waals surface area contributed by atoms with Crippen LogP contribution in [0.5, 0.6) is 0 Å². The van der Waals surface area contributed by atoms with Gasteiger partial charge in [-0.2, -0.15) is 0 Å². The third-order valence-electron chi connectivity index (χ3n) is 4.85. The third-order valence-corrected chi connectivity index (χ3v) is 4.85. The van der Waals surface area contributed by atoms with Gasteiger partial charge in [-0.3, -0.25) is 4.79 Å². The van der Waals surface area contributed by atoms with Crippen molar-refractivity contribution in [2.75, 3.05) is 13.2 Å². The van der Waals surface area contributed by atoms with E-state index in [-0.39, 0.29) is 25.9 Å². The first kappa shape index (κ1) is 25.4. The van der Waals surface area contributed by atoms with Gasteiger partial charge in [0.2, 0.25) is 0 Å². The number of carbonyl (C=O) groups excluding carboxylic acids is 1. The molecule has 0 aromatic rings. The van der Waals surface area contributed by atoms with Crippen LogP contribution in [0.1, 0.15) is 77.6 Å². The fourth-order valence-electron chi connectivity index (χ4n) is 3.04. The van der Waals surface area contributed by atoms with Gasteiger partial charge in [0.1, 0.15) is 18.3 Å². The Morgan fingerprint density at radius 2 is 1.42 bits per heavy atom. The molecular formula is C19H38O7. The SMILES string of the molecule is CCCCCCCCCCC(=O)C(O)(CCCO)C(O)C(O)C(O)CO. The van der Waals surface area contributed by atoms with Crippen molar-refractivity contribution >= 4 is 5.78 Å². The molecule has 7 nitrogen and oxygen atoms in total. The highest BCUT2D eigenvalue weighted by atomic mass is 16.4. The molecule has 0 saturated heterocycles. The summed E-state index contributed by atoms with van der Waals surface area (Å²) < 4.78 is 0. The highest BCUT2D eigenvalue weighted by molar-refractivity contribution is 5.87. The zero-order valence-electron chi connectivity index (χ0n) is 16.0. The highest BCUT2D eigenvalue weighted by Gasteiger charge is 2.46. The summed E-state index contributed by atoms with van der Waals surface area (Å²) in [5, 5.41) is 58.0. The Morgan fingerprint density at radius 1 is 0.885 bits per heavy atom. The van der Waals surface area contributed by atoms with E-state index in [0.29, 0.717) is 6.42 Å². The zero-order chi connectivity index (χ0) is 20.0. The number of hydrogen-bond donors (Lipinski definition) is 6. The lowest BCUT2D eigenvalue weighted by atomic mass is 9.81. The van der Waals surface area contributed by atoms with E-state index in [4.69, 9.17) is 10.2 Å². The van der Waals surface area contributed by atoms with Gasteiger partial charge in [-0.15, -0.1) is 0 Å². The molecule has 26 heavy (non-hydrogen) atoms. The van der Waals surface area contributed by atoms with Crippen molar-refractivity contribution in [3.05, 3.63) is 0 Å². The molecule has 0 spiro atoms. The second-order valence-corrected chi connectivity index (χ2v) is 7.08. The predicted octanol–water partition coefficient (Wildman–Crippen LogP) is 0.665. The Labute approximate surface area is 156 Å². The molecule has 0 aromatic heterocycles. The van der Waals surface area contributed by atoms with Crippen molar-refractivity contribution in [2.24, 2.45) is 0 Å². The van der Waals surface area contributed by atoms with Gasteiger partial charge >= 0.3 is 0 Å². The van der Waals surface area contributed by atoms with Crippen molar-refractivity contribution in [3.8, 4) is 0 Å². The summed E-state index contributed by atoms with van der Waals surface area (Å²) in [5.41, 5.74) is -2.25. The Kier molecular flexibility index (Phi) is 14.2. The second-order valence-electron chi connectivity index (χ2n) is 7.08. The molecule has 0 saturated carbocycles. The van der Waals surface area contributed by atoms with Crippen LogP contribution in [0.4, 0.5) is 0 Å². The highest BCUT2D eigenvalue weighted by Crippen LogP contribution is 2.25. The van der Waals surface area contributed by atoms with Gasteiger partial charge in [-0.05, 0) is 19.3 Å². The van der Waals surface area contributed by atoms with E-state index in [1.165, 1.54) is 25.7 Å². The first-order valence-corrected chi connectivity index (χ1v) is 9.86. The van der Waals surface area contributed by atoms with Gasteiger partial charge in [0.05, 0.1) is 6.61 Å². The second kappa shape index (κ2) is 14.5. The summed E-state index contributed by atoms with van der Waals surface area (Å²) >= 11 is 0. The summed E-state index contributed by atoms with van der Waals surface area (Å²) in [6, 6.07) is 0. The van der Waals surface area contributed by atoms with Crippen LogP contribution >= 0.6 is 0 Å². The number of aliphatic hydroxyl groups is 6. The number of Topliss-reactive ketones (excluding diaryl/α,β-unsaturated/α-hetero) is 1. The van der Waals surface area contributed by atoms with E-state index < -0.39 is 36.3 Å². The smallest absolute Gasteiger partial charge is 0.167 e. The molecule has 0 radical (unpaired) electrons. The molecule has 4 atom stereocenters. The fraction of sp³-hybridized carbons (Fsp3) is 0.947. The number of rotatable bonds is 17. The van der Waals surface area contributed by atoms with Crippen molar-refractivity contribution in [1.29, 1.82) is 0 Å². The maximum absolute atomic E-state index is 12.5. The Bertz CT molecular complexity index is 364. The van der Waals surface area contributed by atoms with E-state index in [1.54, 1.807) is 0 Å². The first-order valence-electron chi connectivity index (χ1n) is 9.86. The molecular weight excluding hydrogens is 340 g/mol. The molecule has 0 amide bonds. The molecule has 0 rings (SSSR count). The molecule has 4 unspecified atom stereocenters. The number of carbonyl (C=O) groups is 1. The van der Waals surface area contributed by atoms with Crippen LogP contribution in [0.15, 0.2) is 0 Å². The standard InChI is InChI=1S/C19H38O7/c1-2-3-4-5-6-7-8-9-11-16(23)19(26,12-10-13-20)18(25)17(24)15(22)14-21/h15,17-18,20-22,24-26H,2-14H2,1H3. The van der Waals surface area contributed by atoms with Crippen molar-refractivity contribution in [1.82, 2.24) is 0 Å². The molecule has 0 aromatic carbocycles.